The first-order chi connectivity index (χ1) is 8.67. The normalized spacial score (nSPS) is 15.1. The van der Waals surface area contributed by atoms with Crippen molar-refractivity contribution in [3.8, 4) is 0 Å². The Balaban J connectivity index is 4.91. The summed E-state index contributed by atoms with van der Waals surface area (Å²) in [6.45, 7) is 2.92. The number of hydrogen-bond donors (Lipinski definition) is 5. The third-order valence-electron chi connectivity index (χ3n) is 3.60. The topological polar surface area (TPSA) is 127 Å². The molecule has 1 amide bonds. The van der Waals surface area contributed by atoms with Gasteiger partial charge in [-0.1, -0.05) is 13.8 Å². The van der Waals surface area contributed by atoms with Crippen molar-refractivity contribution < 1.29 is 30.0 Å². The minimum Gasteiger partial charge on any atom is -0.481 e. The van der Waals surface area contributed by atoms with E-state index < -0.39 is 42.7 Å². The Labute approximate surface area is 112 Å². The Bertz CT molecular complexity index is 318. The molecular formula is C12H23NO6. The van der Waals surface area contributed by atoms with Gasteiger partial charge in [0.05, 0.1) is 25.2 Å². The van der Waals surface area contributed by atoms with E-state index in [1.807, 2.05) is 0 Å². The number of amides is 1. The third-order valence-corrected chi connectivity index (χ3v) is 3.60. The highest BCUT2D eigenvalue weighted by Gasteiger charge is 2.40. The number of carbonyl (C=O) groups is 2. The van der Waals surface area contributed by atoms with E-state index in [2.05, 4.69) is 5.32 Å². The van der Waals surface area contributed by atoms with Gasteiger partial charge >= 0.3 is 5.97 Å². The van der Waals surface area contributed by atoms with Crippen LogP contribution in [0.15, 0.2) is 0 Å². The first-order valence-corrected chi connectivity index (χ1v) is 6.04. The highest BCUT2D eigenvalue weighted by atomic mass is 16.4. The number of carboxylic acids is 1. The van der Waals surface area contributed by atoms with Crippen LogP contribution >= 0.6 is 0 Å². The first-order valence-electron chi connectivity index (χ1n) is 6.04. The second kappa shape index (κ2) is 6.83. The maximum absolute atomic E-state index is 11.9. The highest BCUT2D eigenvalue weighted by molar-refractivity contribution is 5.85. The molecule has 0 aliphatic rings. The van der Waals surface area contributed by atoms with Crippen LogP contribution in [0.1, 0.15) is 27.2 Å². The number of aliphatic hydroxyl groups is 3. The van der Waals surface area contributed by atoms with Crippen LogP contribution in [0.25, 0.3) is 0 Å². The lowest BCUT2D eigenvalue weighted by molar-refractivity contribution is -0.154. The number of hydrogen-bond acceptors (Lipinski definition) is 5. The second-order valence-corrected chi connectivity index (χ2v) is 5.36. The SMILES string of the molecule is CC(C)C(C)(CC(=O)NC(CO)(CO)CO)C(=O)O. The number of aliphatic carboxylic acids is 1. The number of aliphatic hydroxyl groups excluding tert-OH is 3. The van der Waals surface area contributed by atoms with Gasteiger partial charge in [-0.3, -0.25) is 9.59 Å². The Morgan fingerprint density at radius 1 is 1.11 bits per heavy atom. The van der Waals surface area contributed by atoms with Gasteiger partial charge in [-0.2, -0.15) is 0 Å². The molecule has 0 bridgehead atoms. The van der Waals surface area contributed by atoms with E-state index in [1.165, 1.54) is 6.92 Å². The van der Waals surface area contributed by atoms with E-state index in [9.17, 15) is 14.7 Å². The largest absolute Gasteiger partial charge is 0.481 e. The lowest BCUT2D eigenvalue weighted by Gasteiger charge is -2.32. The van der Waals surface area contributed by atoms with Crippen LogP contribution in [0.4, 0.5) is 0 Å². The molecule has 112 valence electrons. The van der Waals surface area contributed by atoms with Gasteiger partial charge in [0.2, 0.25) is 5.91 Å². The minimum absolute atomic E-state index is 0.275. The molecule has 0 rings (SSSR count). The molecule has 0 fully saturated rings. The lowest BCUT2D eigenvalue weighted by atomic mass is 9.76. The summed E-state index contributed by atoms with van der Waals surface area (Å²) in [7, 11) is 0. The smallest absolute Gasteiger partial charge is 0.310 e. The van der Waals surface area contributed by atoms with E-state index in [0.29, 0.717) is 0 Å². The third kappa shape index (κ3) is 4.15. The molecule has 1 atom stereocenters. The summed E-state index contributed by atoms with van der Waals surface area (Å²) in [6.07, 6.45) is -0.304. The van der Waals surface area contributed by atoms with Crippen LogP contribution in [-0.4, -0.2) is 57.7 Å². The van der Waals surface area contributed by atoms with E-state index in [0.717, 1.165) is 0 Å². The van der Waals surface area contributed by atoms with E-state index >= 15 is 0 Å². The summed E-state index contributed by atoms with van der Waals surface area (Å²) in [6, 6.07) is 0. The molecule has 0 radical (unpaired) electrons. The fourth-order valence-corrected chi connectivity index (χ4v) is 1.47. The molecule has 1 unspecified atom stereocenters. The lowest BCUT2D eigenvalue weighted by Crippen LogP contribution is -2.58. The minimum atomic E-state index is -1.53. The average Bonchev–Trinajstić information content (AvgIpc) is 2.35. The summed E-state index contributed by atoms with van der Waals surface area (Å²) in [5, 5.41) is 38.8. The molecule has 0 spiro atoms. The molecule has 0 aliphatic carbocycles. The van der Waals surface area contributed by atoms with Crippen molar-refractivity contribution >= 4 is 11.9 Å². The maximum Gasteiger partial charge on any atom is 0.310 e. The van der Waals surface area contributed by atoms with Gasteiger partial charge in [-0.25, -0.2) is 0 Å². The number of carbonyl (C=O) groups excluding carboxylic acids is 1. The Hall–Kier alpha value is -1.18. The van der Waals surface area contributed by atoms with Crippen LogP contribution in [0.2, 0.25) is 0 Å². The molecule has 0 aromatic rings. The summed E-state index contributed by atoms with van der Waals surface area (Å²) >= 11 is 0. The van der Waals surface area contributed by atoms with Gasteiger partial charge in [0.15, 0.2) is 0 Å². The molecule has 0 aliphatic heterocycles. The van der Waals surface area contributed by atoms with Crippen LogP contribution in [0, 0.1) is 11.3 Å². The average molecular weight is 277 g/mol. The van der Waals surface area contributed by atoms with Crippen molar-refractivity contribution in [2.45, 2.75) is 32.7 Å². The van der Waals surface area contributed by atoms with Gasteiger partial charge in [0.25, 0.3) is 0 Å². The fourth-order valence-electron chi connectivity index (χ4n) is 1.47. The van der Waals surface area contributed by atoms with Crippen molar-refractivity contribution in [2.24, 2.45) is 11.3 Å². The van der Waals surface area contributed by atoms with Crippen LogP contribution in [0.5, 0.6) is 0 Å². The molecule has 0 aromatic heterocycles. The quantitative estimate of drug-likeness (QED) is 0.385. The monoisotopic (exact) mass is 277 g/mol. The van der Waals surface area contributed by atoms with Crippen molar-refractivity contribution in [2.75, 3.05) is 19.8 Å². The zero-order chi connectivity index (χ0) is 15.3. The van der Waals surface area contributed by atoms with Gasteiger partial charge in [-0.05, 0) is 12.8 Å². The van der Waals surface area contributed by atoms with Crippen molar-refractivity contribution in [1.82, 2.24) is 5.32 Å². The number of rotatable bonds is 8. The summed E-state index contributed by atoms with van der Waals surface area (Å²) < 4.78 is 0. The molecule has 5 N–H and O–H groups in total. The zero-order valence-electron chi connectivity index (χ0n) is 11.5. The molecular weight excluding hydrogens is 254 g/mol. The molecule has 0 saturated heterocycles. The van der Waals surface area contributed by atoms with Crippen molar-refractivity contribution in [3.05, 3.63) is 0 Å². The Morgan fingerprint density at radius 3 is 1.79 bits per heavy atom. The fraction of sp³-hybridized carbons (Fsp3) is 0.833. The van der Waals surface area contributed by atoms with E-state index in [1.54, 1.807) is 13.8 Å². The molecule has 7 nitrogen and oxygen atoms in total. The van der Waals surface area contributed by atoms with E-state index in [4.69, 9.17) is 15.3 Å². The predicted octanol–water partition coefficient (Wildman–Crippen LogP) is -1.04. The molecule has 7 heteroatoms. The summed E-state index contributed by atoms with van der Waals surface area (Å²) in [4.78, 5) is 23.1. The zero-order valence-corrected chi connectivity index (χ0v) is 11.5. The Kier molecular flexibility index (Phi) is 6.41. The molecule has 0 aromatic carbocycles. The molecule has 0 heterocycles. The number of carboxylic acid groups (broad SMARTS) is 1. The number of nitrogens with one attached hydrogen (secondary N) is 1. The standard InChI is InChI=1S/C12H23NO6/c1-8(2)11(3,10(18)19)4-9(17)13-12(5-14,6-15)7-16/h8,14-16H,4-7H2,1-3H3,(H,13,17)(H,18,19). The highest BCUT2D eigenvalue weighted by Crippen LogP contribution is 2.31. The van der Waals surface area contributed by atoms with Crippen molar-refractivity contribution in [1.29, 1.82) is 0 Å². The van der Waals surface area contributed by atoms with Gasteiger partial charge in [0, 0.05) is 6.42 Å². The second-order valence-electron chi connectivity index (χ2n) is 5.36. The summed E-state index contributed by atoms with van der Waals surface area (Å²) in [5.41, 5.74) is -2.79. The Morgan fingerprint density at radius 2 is 1.53 bits per heavy atom. The van der Waals surface area contributed by atoms with Crippen molar-refractivity contribution in [3.63, 3.8) is 0 Å². The van der Waals surface area contributed by atoms with Gasteiger partial charge in [-0.15, -0.1) is 0 Å². The molecule has 19 heavy (non-hydrogen) atoms. The van der Waals surface area contributed by atoms with Crippen LogP contribution < -0.4 is 5.32 Å². The van der Waals surface area contributed by atoms with Gasteiger partial charge < -0.3 is 25.7 Å². The van der Waals surface area contributed by atoms with E-state index in [-0.39, 0.29) is 12.3 Å². The molecule has 0 saturated carbocycles. The summed E-state index contributed by atoms with van der Waals surface area (Å²) in [5.74, 6) is -2.02. The van der Waals surface area contributed by atoms with Gasteiger partial charge in [0.1, 0.15) is 5.54 Å². The first kappa shape index (κ1) is 17.8. The van der Waals surface area contributed by atoms with Crippen LogP contribution in [-0.2, 0) is 9.59 Å². The predicted molar refractivity (Wildman–Crippen MR) is 67.3 cm³/mol. The van der Waals surface area contributed by atoms with Crippen LogP contribution in [0.3, 0.4) is 0 Å². The maximum atomic E-state index is 11.9.